The van der Waals surface area contributed by atoms with Crippen molar-refractivity contribution in [3.05, 3.63) is 22.8 Å². The predicted molar refractivity (Wildman–Crippen MR) is 85.9 cm³/mol. The monoisotopic (exact) mass is 291 g/mol. The van der Waals surface area contributed by atoms with Gasteiger partial charge in [-0.1, -0.05) is 19.8 Å². The fourth-order valence-electron chi connectivity index (χ4n) is 3.43. The Bertz CT molecular complexity index is 432. The van der Waals surface area contributed by atoms with Gasteiger partial charge in [-0.3, -0.25) is 0 Å². The molecule has 0 aromatic carbocycles. The maximum atomic E-state index is 5.06. The van der Waals surface area contributed by atoms with Crippen molar-refractivity contribution in [1.29, 1.82) is 0 Å². The topological polar surface area (TPSA) is 47.0 Å². The summed E-state index contributed by atoms with van der Waals surface area (Å²) < 4.78 is 5.06. The molecule has 4 heteroatoms. The van der Waals surface area contributed by atoms with Crippen LogP contribution in [0.1, 0.15) is 67.2 Å². The highest BCUT2D eigenvalue weighted by Gasteiger charge is 2.22. The molecule has 0 aliphatic heterocycles. The summed E-state index contributed by atoms with van der Waals surface area (Å²) in [5, 5.41) is 3.43. The van der Waals surface area contributed by atoms with Gasteiger partial charge in [0, 0.05) is 37.5 Å². The average molecular weight is 291 g/mol. The number of aromatic nitrogens is 2. The molecule has 0 amide bonds. The number of hydrogen-bond donors (Lipinski definition) is 1. The van der Waals surface area contributed by atoms with Gasteiger partial charge in [0.25, 0.3) is 0 Å². The average Bonchev–Trinajstić information content (AvgIpc) is 2.97. The number of ether oxygens (including phenoxy) is 1. The van der Waals surface area contributed by atoms with Crippen molar-refractivity contribution in [1.82, 2.24) is 15.3 Å². The highest BCUT2D eigenvalue weighted by molar-refractivity contribution is 5.29. The van der Waals surface area contributed by atoms with Crippen LogP contribution in [-0.2, 0) is 4.74 Å². The summed E-state index contributed by atoms with van der Waals surface area (Å²) in [4.78, 5) is 9.64. The first-order chi connectivity index (χ1) is 10.1. The largest absolute Gasteiger partial charge is 0.383 e. The van der Waals surface area contributed by atoms with E-state index in [0.29, 0.717) is 11.8 Å². The van der Waals surface area contributed by atoms with Crippen molar-refractivity contribution in [3.63, 3.8) is 0 Å². The predicted octanol–water partition coefficient (Wildman–Crippen LogP) is 3.09. The molecule has 4 nitrogen and oxygen atoms in total. The van der Waals surface area contributed by atoms with Gasteiger partial charge in [0.05, 0.1) is 6.61 Å². The molecule has 21 heavy (non-hydrogen) atoms. The Balaban J connectivity index is 2.05. The number of rotatable bonds is 7. The zero-order valence-corrected chi connectivity index (χ0v) is 13.9. The Morgan fingerprint density at radius 1 is 1.19 bits per heavy atom. The Morgan fingerprint density at radius 3 is 2.38 bits per heavy atom. The Kier molecular flexibility index (Phi) is 6.12. The number of hydrogen-bond acceptors (Lipinski definition) is 4. The van der Waals surface area contributed by atoms with Crippen LogP contribution in [0.25, 0.3) is 0 Å². The highest BCUT2D eigenvalue weighted by Crippen LogP contribution is 2.33. The molecule has 1 fully saturated rings. The Labute approximate surface area is 128 Å². The van der Waals surface area contributed by atoms with Crippen LogP contribution in [0.15, 0.2) is 0 Å². The zero-order valence-electron chi connectivity index (χ0n) is 13.9. The number of nitrogens with one attached hydrogen (secondary N) is 1. The quantitative estimate of drug-likeness (QED) is 0.784. The second kappa shape index (κ2) is 7.85. The van der Waals surface area contributed by atoms with E-state index in [9.17, 15) is 0 Å². The molecule has 0 saturated heterocycles. The lowest BCUT2D eigenvalue weighted by molar-refractivity contribution is 0.199. The fraction of sp³-hybridized carbons (Fsp3) is 0.765. The molecular formula is C17H29N3O. The van der Waals surface area contributed by atoms with Gasteiger partial charge >= 0.3 is 0 Å². The van der Waals surface area contributed by atoms with Crippen LogP contribution in [0.5, 0.6) is 0 Å². The molecule has 0 bridgehead atoms. The van der Waals surface area contributed by atoms with E-state index >= 15 is 0 Å². The Hall–Kier alpha value is -1.00. The van der Waals surface area contributed by atoms with E-state index in [-0.39, 0.29) is 0 Å². The van der Waals surface area contributed by atoms with Gasteiger partial charge in [-0.15, -0.1) is 0 Å². The molecule has 1 heterocycles. The maximum absolute atomic E-state index is 5.06. The molecule has 0 spiro atoms. The SMILES string of the molecule is COCCNCC(C)c1c(C)nc(C2CCCC2)nc1C. The number of nitrogens with zero attached hydrogens (tertiary/aromatic N) is 2. The lowest BCUT2D eigenvalue weighted by Crippen LogP contribution is -2.25. The van der Waals surface area contributed by atoms with E-state index in [4.69, 9.17) is 14.7 Å². The first kappa shape index (κ1) is 16.4. The van der Waals surface area contributed by atoms with Crippen LogP contribution < -0.4 is 5.32 Å². The van der Waals surface area contributed by atoms with Crippen molar-refractivity contribution in [2.24, 2.45) is 0 Å². The first-order valence-electron chi connectivity index (χ1n) is 8.18. The van der Waals surface area contributed by atoms with Gasteiger partial charge in [-0.2, -0.15) is 0 Å². The van der Waals surface area contributed by atoms with Gasteiger partial charge in [0.15, 0.2) is 0 Å². The summed E-state index contributed by atoms with van der Waals surface area (Å²) in [6.45, 7) is 9.09. The molecule has 1 aromatic rings. The van der Waals surface area contributed by atoms with E-state index in [1.165, 1.54) is 31.2 Å². The molecule has 1 aliphatic rings. The molecule has 1 unspecified atom stereocenters. The maximum Gasteiger partial charge on any atom is 0.131 e. The summed E-state index contributed by atoms with van der Waals surface area (Å²) in [6.07, 6.45) is 5.17. The van der Waals surface area contributed by atoms with E-state index in [0.717, 1.165) is 36.9 Å². The van der Waals surface area contributed by atoms with Crippen LogP contribution in [0.3, 0.4) is 0 Å². The van der Waals surface area contributed by atoms with Gasteiger partial charge in [-0.05, 0) is 38.2 Å². The standard InChI is InChI=1S/C17H29N3O/c1-12(11-18-9-10-21-4)16-13(2)19-17(20-14(16)3)15-7-5-6-8-15/h12,15,18H,5-11H2,1-4H3. The minimum Gasteiger partial charge on any atom is -0.383 e. The molecule has 1 aromatic heterocycles. The van der Waals surface area contributed by atoms with Crippen LogP contribution >= 0.6 is 0 Å². The lowest BCUT2D eigenvalue weighted by atomic mass is 9.97. The second-order valence-electron chi connectivity index (χ2n) is 6.25. The summed E-state index contributed by atoms with van der Waals surface area (Å²) in [7, 11) is 1.73. The van der Waals surface area contributed by atoms with Crippen LogP contribution in [-0.4, -0.2) is 36.8 Å². The molecule has 118 valence electrons. The second-order valence-corrected chi connectivity index (χ2v) is 6.25. The minimum absolute atomic E-state index is 0.430. The van der Waals surface area contributed by atoms with Crippen molar-refractivity contribution < 1.29 is 4.74 Å². The van der Waals surface area contributed by atoms with Gasteiger partial charge in [0.1, 0.15) is 5.82 Å². The van der Waals surface area contributed by atoms with E-state index in [2.05, 4.69) is 26.1 Å². The first-order valence-corrected chi connectivity index (χ1v) is 8.18. The van der Waals surface area contributed by atoms with E-state index < -0.39 is 0 Å². The van der Waals surface area contributed by atoms with Crippen molar-refractivity contribution in [3.8, 4) is 0 Å². The summed E-state index contributed by atoms with van der Waals surface area (Å²) in [5.41, 5.74) is 3.62. The van der Waals surface area contributed by atoms with Crippen molar-refractivity contribution >= 4 is 0 Å². The third-order valence-electron chi connectivity index (χ3n) is 4.49. The molecule has 1 N–H and O–H groups in total. The minimum atomic E-state index is 0.430. The molecule has 1 saturated carbocycles. The molecule has 2 rings (SSSR count). The molecule has 1 aliphatic carbocycles. The number of aryl methyl sites for hydroxylation is 2. The smallest absolute Gasteiger partial charge is 0.131 e. The van der Waals surface area contributed by atoms with E-state index in [1.807, 2.05) is 0 Å². The molecule has 0 radical (unpaired) electrons. The normalized spacial score (nSPS) is 17.3. The molecular weight excluding hydrogens is 262 g/mol. The van der Waals surface area contributed by atoms with Crippen molar-refractivity contribution in [2.45, 2.75) is 58.3 Å². The summed E-state index contributed by atoms with van der Waals surface area (Å²) in [5.74, 6) is 2.09. The lowest BCUT2D eigenvalue weighted by Gasteiger charge is -2.19. The van der Waals surface area contributed by atoms with Crippen LogP contribution in [0.2, 0.25) is 0 Å². The van der Waals surface area contributed by atoms with Gasteiger partial charge < -0.3 is 10.1 Å². The Morgan fingerprint density at radius 2 is 1.81 bits per heavy atom. The van der Waals surface area contributed by atoms with Gasteiger partial charge in [0.2, 0.25) is 0 Å². The number of methoxy groups -OCH3 is 1. The fourth-order valence-corrected chi connectivity index (χ4v) is 3.43. The highest BCUT2D eigenvalue weighted by atomic mass is 16.5. The third-order valence-corrected chi connectivity index (χ3v) is 4.49. The molecule has 1 atom stereocenters. The van der Waals surface area contributed by atoms with E-state index in [1.54, 1.807) is 7.11 Å². The third kappa shape index (κ3) is 4.24. The van der Waals surface area contributed by atoms with Crippen LogP contribution in [0.4, 0.5) is 0 Å². The summed E-state index contributed by atoms with van der Waals surface area (Å²) in [6, 6.07) is 0. The van der Waals surface area contributed by atoms with Crippen LogP contribution in [0, 0.1) is 13.8 Å². The zero-order chi connectivity index (χ0) is 15.2. The summed E-state index contributed by atoms with van der Waals surface area (Å²) >= 11 is 0. The van der Waals surface area contributed by atoms with Gasteiger partial charge in [-0.25, -0.2) is 9.97 Å². The van der Waals surface area contributed by atoms with Crippen molar-refractivity contribution in [2.75, 3.05) is 26.8 Å².